The first-order valence-electron chi connectivity index (χ1n) is 7.01. The van der Waals surface area contributed by atoms with Crippen molar-refractivity contribution < 1.29 is 9.53 Å². The van der Waals surface area contributed by atoms with Crippen LogP contribution in [0.1, 0.15) is 45.9 Å². The summed E-state index contributed by atoms with van der Waals surface area (Å²) in [5, 5.41) is 6.33. The van der Waals surface area contributed by atoms with Crippen molar-refractivity contribution in [3.05, 3.63) is 30.1 Å². The predicted molar refractivity (Wildman–Crippen MR) is 77.4 cm³/mol. The molecule has 0 bridgehead atoms. The van der Waals surface area contributed by atoms with Crippen LogP contribution in [0.15, 0.2) is 24.4 Å². The molecule has 0 radical (unpaired) electrons. The summed E-state index contributed by atoms with van der Waals surface area (Å²) in [6.45, 7) is 7.65. The average molecular weight is 277 g/mol. The first-order valence-corrected chi connectivity index (χ1v) is 7.01. The molecule has 5 heteroatoms. The SMILES string of the molecule is CC(NC1CC1NC(=O)OC(C)(C)C)c1ccccn1. The molecule has 1 amide bonds. The summed E-state index contributed by atoms with van der Waals surface area (Å²) >= 11 is 0. The molecule has 20 heavy (non-hydrogen) atoms. The molecular weight excluding hydrogens is 254 g/mol. The van der Waals surface area contributed by atoms with Crippen LogP contribution in [0.4, 0.5) is 4.79 Å². The predicted octanol–water partition coefficient (Wildman–Crippen LogP) is 2.40. The van der Waals surface area contributed by atoms with Crippen LogP contribution in [0.3, 0.4) is 0 Å². The van der Waals surface area contributed by atoms with Crippen LogP contribution in [-0.4, -0.2) is 28.8 Å². The Morgan fingerprint density at radius 2 is 2.15 bits per heavy atom. The lowest BCUT2D eigenvalue weighted by Gasteiger charge is -2.20. The molecule has 1 aromatic rings. The van der Waals surface area contributed by atoms with Crippen molar-refractivity contribution >= 4 is 6.09 Å². The van der Waals surface area contributed by atoms with E-state index in [1.807, 2.05) is 39.0 Å². The summed E-state index contributed by atoms with van der Waals surface area (Å²) in [6.07, 6.45) is 2.37. The zero-order chi connectivity index (χ0) is 14.8. The van der Waals surface area contributed by atoms with Crippen LogP contribution in [0.25, 0.3) is 0 Å². The van der Waals surface area contributed by atoms with Gasteiger partial charge in [-0.1, -0.05) is 6.07 Å². The molecule has 3 atom stereocenters. The number of hydrogen-bond acceptors (Lipinski definition) is 4. The van der Waals surface area contributed by atoms with E-state index in [1.54, 1.807) is 6.20 Å². The molecule has 0 aliphatic heterocycles. The lowest BCUT2D eigenvalue weighted by atomic mass is 10.2. The number of amides is 1. The van der Waals surface area contributed by atoms with Gasteiger partial charge in [0, 0.05) is 24.3 Å². The maximum atomic E-state index is 11.6. The molecule has 1 aliphatic rings. The summed E-state index contributed by atoms with van der Waals surface area (Å²) in [7, 11) is 0. The summed E-state index contributed by atoms with van der Waals surface area (Å²) < 4.78 is 5.24. The molecule has 1 fully saturated rings. The molecule has 1 aliphatic carbocycles. The first kappa shape index (κ1) is 14.8. The third-order valence-corrected chi connectivity index (χ3v) is 3.09. The van der Waals surface area contributed by atoms with Crippen LogP contribution < -0.4 is 10.6 Å². The Labute approximate surface area is 120 Å². The second-order valence-corrected chi connectivity index (χ2v) is 6.24. The third-order valence-electron chi connectivity index (χ3n) is 3.09. The normalized spacial score (nSPS) is 23.0. The quantitative estimate of drug-likeness (QED) is 0.887. The maximum Gasteiger partial charge on any atom is 0.407 e. The number of aromatic nitrogens is 1. The molecule has 0 aromatic carbocycles. The molecule has 1 aromatic heterocycles. The highest BCUT2D eigenvalue weighted by molar-refractivity contribution is 5.68. The second kappa shape index (κ2) is 5.79. The van der Waals surface area contributed by atoms with Crippen molar-refractivity contribution in [2.45, 2.75) is 57.8 Å². The van der Waals surface area contributed by atoms with Crippen LogP contribution >= 0.6 is 0 Å². The Morgan fingerprint density at radius 1 is 1.40 bits per heavy atom. The maximum absolute atomic E-state index is 11.6. The van der Waals surface area contributed by atoms with Crippen molar-refractivity contribution in [1.29, 1.82) is 0 Å². The highest BCUT2D eigenvalue weighted by atomic mass is 16.6. The number of alkyl carbamates (subject to hydrolysis) is 1. The molecule has 2 rings (SSSR count). The standard InChI is InChI=1S/C15H23N3O2/c1-10(11-7-5-6-8-16-11)17-12-9-13(12)18-14(19)20-15(2,3)4/h5-8,10,12-13,17H,9H2,1-4H3,(H,18,19). The minimum Gasteiger partial charge on any atom is -0.444 e. The van der Waals surface area contributed by atoms with Crippen molar-refractivity contribution in [2.75, 3.05) is 0 Å². The lowest BCUT2D eigenvalue weighted by Crippen LogP contribution is -2.37. The van der Waals surface area contributed by atoms with Gasteiger partial charge in [0.25, 0.3) is 0 Å². The Hall–Kier alpha value is -1.62. The minimum absolute atomic E-state index is 0.149. The molecule has 3 unspecified atom stereocenters. The van der Waals surface area contributed by atoms with Crippen molar-refractivity contribution in [3.8, 4) is 0 Å². The third kappa shape index (κ3) is 4.49. The fourth-order valence-corrected chi connectivity index (χ4v) is 2.04. The fourth-order valence-electron chi connectivity index (χ4n) is 2.04. The number of ether oxygens (including phenoxy) is 1. The van der Waals surface area contributed by atoms with Gasteiger partial charge in [-0.2, -0.15) is 0 Å². The van der Waals surface area contributed by atoms with Crippen LogP contribution in [0, 0.1) is 0 Å². The van der Waals surface area contributed by atoms with E-state index in [4.69, 9.17) is 4.74 Å². The molecular formula is C15H23N3O2. The van der Waals surface area contributed by atoms with E-state index in [2.05, 4.69) is 22.5 Å². The van der Waals surface area contributed by atoms with Gasteiger partial charge in [-0.3, -0.25) is 4.98 Å². The Bertz CT molecular complexity index is 456. The zero-order valence-corrected chi connectivity index (χ0v) is 12.5. The van der Waals surface area contributed by atoms with Gasteiger partial charge in [0.05, 0.1) is 5.69 Å². The number of pyridine rings is 1. The van der Waals surface area contributed by atoms with Gasteiger partial charge in [-0.05, 0) is 46.2 Å². The molecule has 1 heterocycles. The smallest absolute Gasteiger partial charge is 0.407 e. The number of carbonyl (C=O) groups is 1. The summed E-state index contributed by atoms with van der Waals surface area (Å²) in [5.41, 5.74) is 0.554. The highest BCUT2D eigenvalue weighted by Crippen LogP contribution is 2.25. The molecule has 110 valence electrons. The van der Waals surface area contributed by atoms with E-state index in [0.29, 0.717) is 6.04 Å². The Kier molecular flexibility index (Phi) is 4.28. The van der Waals surface area contributed by atoms with Gasteiger partial charge < -0.3 is 15.4 Å². The zero-order valence-electron chi connectivity index (χ0n) is 12.5. The molecule has 0 saturated heterocycles. The molecule has 2 N–H and O–H groups in total. The number of nitrogens with one attached hydrogen (secondary N) is 2. The fraction of sp³-hybridized carbons (Fsp3) is 0.600. The summed E-state index contributed by atoms with van der Waals surface area (Å²) in [4.78, 5) is 16.0. The van der Waals surface area contributed by atoms with Gasteiger partial charge in [0.2, 0.25) is 0 Å². The monoisotopic (exact) mass is 277 g/mol. The van der Waals surface area contributed by atoms with Gasteiger partial charge in [0.15, 0.2) is 0 Å². The van der Waals surface area contributed by atoms with Gasteiger partial charge in [-0.15, -0.1) is 0 Å². The summed E-state index contributed by atoms with van der Waals surface area (Å²) in [6, 6.07) is 6.49. The second-order valence-electron chi connectivity index (χ2n) is 6.24. The van der Waals surface area contributed by atoms with Crippen LogP contribution in [0.2, 0.25) is 0 Å². The van der Waals surface area contributed by atoms with Crippen LogP contribution in [-0.2, 0) is 4.74 Å². The number of carbonyl (C=O) groups excluding carboxylic acids is 1. The van der Waals surface area contributed by atoms with E-state index < -0.39 is 5.60 Å². The Morgan fingerprint density at radius 3 is 2.75 bits per heavy atom. The largest absolute Gasteiger partial charge is 0.444 e. The highest BCUT2D eigenvalue weighted by Gasteiger charge is 2.40. The van der Waals surface area contributed by atoms with Crippen molar-refractivity contribution in [2.24, 2.45) is 0 Å². The van der Waals surface area contributed by atoms with Crippen LogP contribution in [0.5, 0.6) is 0 Å². The van der Waals surface area contributed by atoms with Crippen molar-refractivity contribution in [1.82, 2.24) is 15.6 Å². The lowest BCUT2D eigenvalue weighted by molar-refractivity contribution is 0.0522. The van der Waals surface area contributed by atoms with E-state index >= 15 is 0 Å². The summed E-state index contributed by atoms with van der Waals surface area (Å²) in [5.74, 6) is 0. The number of hydrogen-bond donors (Lipinski definition) is 2. The molecule has 5 nitrogen and oxygen atoms in total. The van der Waals surface area contributed by atoms with Crippen molar-refractivity contribution in [3.63, 3.8) is 0 Å². The Balaban J connectivity index is 1.74. The van der Waals surface area contributed by atoms with Gasteiger partial charge in [-0.25, -0.2) is 4.79 Å². The van der Waals surface area contributed by atoms with E-state index in [-0.39, 0.29) is 18.2 Å². The average Bonchev–Trinajstić information content (AvgIpc) is 3.05. The van der Waals surface area contributed by atoms with E-state index in [0.717, 1.165) is 12.1 Å². The number of nitrogens with zero attached hydrogens (tertiary/aromatic N) is 1. The first-order chi connectivity index (χ1) is 9.35. The minimum atomic E-state index is -0.455. The van der Waals surface area contributed by atoms with E-state index in [9.17, 15) is 4.79 Å². The topological polar surface area (TPSA) is 63.2 Å². The molecule has 1 saturated carbocycles. The van der Waals surface area contributed by atoms with Gasteiger partial charge in [0.1, 0.15) is 5.60 Å². The van der Waals surface area contributed by atoms with Gasteiger partial charge >= 0.3 is 6.09 Å². The molecule has 0 spiro atoms. The number of rotatable bonds is 4. The van der Waals surface area contributed by atoms with E-state index in [1.165, 1.54) is 0 Å².